The molecule has 1 atom stereocenters. The SMILES string of the molecule is CC(=O)N1CCCCCCN(C)C(=O)c2cc(S(=O)(=O)NC(=O)c3c(C)c4cc(Cl)ccc4n3CCCOc3cc(C)c(Cl)c(C)c3)ccc2OC[C@@H]1C(C)C. The predicted octanol–water partition coefficient (Wildman–Crippen LogP) is 8.36. The molecule has 302 valence electrons. The van der Waals surface area contributed by atoms with E-state index >= 15 is 0 Å². The number of carbonyl (C=O) groups is 3. The van der Waals surface area contributed by atoms with E-state index in [-0.39, 0.29) is 46.4 Å². The maximum absolute atomic E-state index is 14.1. The number of rotatable bonds is 9. The van der Waals surface area contributed by atoms with Gasteiger partial charge in [0.25, 0.3) is 21.8 Å². The van der Waals surface area contributed by atoms with E-state index in [0.717, 1.165) is 36.8 Å². The van der Waals surface area contributed by atoms with Crippen LogP contribution in [0.5, 0.6) is 11.5 Å². The van der Waals surface area contributed by atoms with Crippen molar-refractivity contribution in [1.82, 2.24) is 19.1 Å². The molecule has 11 nitrogen and oxygen atoms in total. The molecule has 1 aliphatic heterocycles. The summed E-state index contributed by atoms with van der Waals surface area (Å²) in [6.07, 6.45) is 3.86. The van der Waals surface area contributed by atoms with Crippen LogP contribution in [-0.2, 0) is 21.4 Å². The fourth-order valence-corrected chi connectivity index (χ4v) is 8.55. The van der Waals surface area contributed by atoms with Crippen molar-refractivity contribution in [2.45, 2.75) is 91.1 Å². The van der Waals surface area contributed by atoms with Crippen LogP contribution in [-0.4, -0.2) is 79.9 Å². The Labute approximate surface area is 340 Å². The van der Waals surface area contributed by atoms with Crippen molar-refractivity contribution in [3.05, 3.63) is 86.5 Å². The smallest absolute Gasteiger partial charge is 0.281 e. The Kier molecular flexibility index (Phi) is 14.0. The molecule has 5 rings (SSSR count). The minimum Gasteiger partial charge on any atom is -0.494 e. The maximum Gasteiger partial charge on any atom is 0.281 e. The third-order valence-corrected chi connectivity index (χ3v) is 12.6. The Morgan fingerprint density at radius 3 is 2.30 bits per heavy atom. The molecule has 0 aliphatic carbocycles. The summed E-state index contributed by atoms with van der Waals surface area (Å²) in [5, 5.41) is 1.88. The zero-order chi connectivity index (χ0) is 40.9. The van der Waals surface area contributed by atoms with Crippen LogP contribution in [0.2, 0.25) is 10.0 Å². The van der Waals surface area contributed by atoms with Gasteiger partial charge in [0, 0.05) is 54.6 Å². The number of aromatic nitrogens is 1. The Bertz CT molecular complexity index is 2200. The predicted molar refractivity (Wildman–Crippen MR) is 221 cm³/mol. The van der Waals surface area contributed by atoms with Gasteiger partial charge in [0.1, 0.15) is 23.8 Å². The summed E-state index contributed by atoms with van der Waals surface area (Å²) in [6.45, 7) is 13.0. The van der Waals surface area contributed by atoms with Crippen LogP contribution in [0.15, 0.2) is 53.4 Å². The molecule has 0 bridgehead atoms. The first kappa shape index (κ1) is 42.9. The number of halogens is 2. The van der Waals surface area contributed by atoms with Gasteiger partial charge >= 0.3 is 0 Å². The molecule has 4 aromatic rings. The summed E-state index contributed by atoms with van der Waals surface area (Å²) < 4.78 is 44.3. The normalized spacial score (nSPS) is 16.0. The second-order valence-corrected chi connectivity index (χ2v) is 17.4. The van der Waals surface area contributed by atoms with Gasteiger partial charge < -0.3 is 23.8 Å². The van der Waals surface area contributed by atoms with Crippen LogP contribution in [0.4, 0.5) is 0 Å². The van der Waals surface area contributed by atoms with Crippen molar-refractivity contribution >= 4 is 61.8 Å². The van der Waals surface area contributed by atoms with Gasteiger partial charge in [0.2, 0.25) is 5.91 Å². The number of nitrogens with one attached hydrogen (secondary N) is 1. The van der Waals surface area contributed by atoms with E-state index < -0.39 is 21.8 Å². The van der Waals surface area contributed by atoms with Crippen molar-refractivity contribution in [1.29, 1.82) is 0 Å². The molecule has 1 N–H and O–H groups in total. The third-order valence-electron chi connectivity index (χ3n) is 10.4. The van der Waals surface area contributed by atoms with Crippen molar-refractivity contribution in [2.24, 2.45) is 5.92 Å². The number of benzene rings is 3. The standard InChI is InChI=1S/C42H52Cl2N4O7S/c1-26(2)37-25-55-38-16-14-33(24-35(38)42(51)46(7)17-10-8-9-11-18-47(37)30(6)49)56(52,53)45-41(50)40-29(5)34-23-31(43)13-15-36(34)48(40)19-12-20-54-32-21-27(3)39(44)28(4)22-32/h13-16,21-24,26,37H,8-12,17-20,25H2,1-7H3,(H,45,50)/t37-/m1/s1. The first-order valence-corrected chi connectivity index (χ1v) is 21.3. The third kappa shape index (κ3) is 9.81. The molecule has 0 unspecified atom stereocenters. The molecule has 0 spiro atoms. The minimum atomic E-state index is -4.49. The van der Waals surface area contributed by atoms with Crippen molar-refractivity contribution in [2.75, 3.05) is 33.4 Å². The maximum atomic E-state index is 14.1. The molecule has 0 radical (unpaired) electrons. The molecule has 3 amide bonds. The zero-order valence-corrected chi connectivity index (χ0v) is 35.5. The summed E-state index contributed by atoms with van der Waals surface area (Å²) in [6, 6.07) is 12.8. The molecule has 56 heavy (non-hydrogen) atoms. The molecule has 14 heteroatoms. The highest BCUT2D eigenvalue weighted by molar-refractivity contribution is 7.90. The number of amides is 3. The van der Waals surface area contributed by atoms with Gasteiger partial charge in [-0.1, -0.05) is 49.9 Å². The summed E-state index contributed by atoms with van der Waals surface area (Å²) >= 11 is 12.7. The number of aryl methyl sites for hydroxylation is 4. The quantitative estimate of drug-likeness (QED) is 0.168. The number of hydrogen-bond acceptors (Lipinski definition) is 7. The van der Waals surface area contributed by atoms with Crippen LogP contribution in [0, 0.1) is 26.7 Å². The second kappa shape index (κ2) is 18.3. The molecule has 0 saturated carbocycles. The number of sulfonamides is 1. The van der Waals surface area contributed by atoms with Crippen LogP contribution in [0.25, 0.3) is 10.9 Å². The Morgan fingerprint density at radius 2 is 1.64 bits per heavy atom. The van der Waals surface area contributed by atoms with Gasteiger partial charge in [0.15, 0.2) is 0 Å². The van der Waals surface area contributed by atoms with E-state index in [0.29, 0.717) is 64.9 Å². The summed E-state index contributed by atoms with van der Waals surface area (Å²) in [4.78, 5) is 43.7. The highest BCUT2D eigenvalue weighted by atomic mass is 35.5. The summed E-state index contributed by atoms with van der Waals surface area (Å²) in [5.41, 5.74) is 3.30. The minimum absolute atomic E-state index is 0.0442. The fourth-order valence-electron chi connectivity index (χ4n) is 7.29. The van der Waals surface area contributed by atoms with Gasteiger partial charge in [-0.3, -0.25) is 14.4 Å². The van der Waals surface area contributed by atoms with Gasteiger partial charge in [-0.25, -0.2) is 13.1 Å². The average Bonchev–Trinajstić information content (AvgIpc) is 3.41. The van der Waals surface area contributed by atoms with E-state index in [2.05, 4.69) is 4.72 Å². The van der Waals surface area contributed by atoms with Crippen molar-refractivity contribution in [3.63, 3.8) is 0 Å². The molecule has 1 aromatic heterocycles. The summed E-state index contributed by atoms with van der Waals surface area (Å²) in [7, 11) is -2.82. The van der Waals surface area contributed by atoms with Crippen molar-refractivity contribution in [3.8, 4) is 11.5 Å². The lowest BCUT2D eigenvalue weighted by Gasteiger charge is -2.34. The number of carbonyl (C=O) groups excluding carboxylic acids is 3. The van der Waals surface area contributed by atoms with Crippen LogP contribution >= 0.6 is 23.2 Å². The highest BCUT2D eigenvalue weighted by Gasteiger charge is 2.30. The largest absolute Gasteiger partial charge is 0.494 e. The van der Waals surface area contributed by atoms with E-state index in [1.54, 1.807) is 48.6 Å². The zero-order valence-electron chi connectivity index (χ0n) is 33.2. The van der Waals surface area contributed by atoms with Gasteiger partial charge in [0.05, 0.1) is 23.1 Å². The molecular formula is C42H52Cl2N4O7S. The van der Waals surface area contributed by atoms with E-state index in [1.807, 2.05) is 44.7 Å². The van der Waals surface area contributed by atoms with Crippen molar-refractivity contribution < 1.29 is 32.3 Å². The first-order chi connectivity index (χ1) is 26.5. The number of nitrogens with zero attached hydrogens (tertiary/aromatic N) is 3. The number of hydrogen-bond donors (Lipinski definition) is 1. The second-order valence-electron chi connectivity index (χ2n) is 14.9. The Morgan fingerprint density at radius 1 is 0.964 bits per heavy atom. The van der Waals surface area contributed by atoms with Gasteiger partial charge in [-0.15, -0.1) is 0 Å². The number of ether oxygens (including phenoxy) is 2. The lowest BCUT2D eigenvalue weighted by atomic mass is 10.0. The molecule has 0 saturated heterocycles. The monoisotopic (exact) mass is 826 g/mol. The highest BCUT2D eigenvalue weighted by Crippen LogP contribution is 2.31. The lowest BCUT2D eigenvalue weighted by molar-refractivity contribution is -0.133. The van der Waals surface area contributed by atoms with Gasteiger partial charge in [-0.05, 0) is 111 Å². The number of fused-ring (bicyclic) bond motifs is 2. The molecule has 2 heterocycles. The van der Waals surface area contributed by atoms with E-state index in [9.17, 15) is 22.8 Å². The van der Waals surface area contributed by atoms with E-state index in [1.165, 1.54) is 18.2 Å². The molecule has 0 fully saturated rings. The van der Waals surface area contributed by atoms with Crippen LogP contribution < -0.4 is 14.2 Å². The molecule has 1 aliphatic rings. The average molecular weight is 828 g/mol. The Hall–Kier alpha value is -4.26. The van der Waals surface area contributed by atoms with Crippen LogP contribution in [0.3, 0.4) is 0 Å². The van der Waals surface area contributed by atoms with E-state index in [4.69, 9.17) is 32.7 Å². The first-order valence-electron chi connectivity index (χ1n) is 19.0. The Balaban J connectivity index is 1.43. The van der Waals surface area contributed by atoms with Crippen LogP contribution in [0.1, 0.15) is 90.4 Å². The summed E-state index contributed by atoms with van der Waals surface area (Å²) in [5.74, 6) is -0.365. The molecular weight excluding hydrogens is 775 g/mol. The lowest BCUT2D eigenvalue weighted by Crippen LogP contribution is -2.46. The fraction of sp³-hybridized carbons (Fsp3) is 0.452. The topological polar surface area (TPSA) is 127 Å². The molecule has 3 aromatic carbocycles. The van der Waals surface area contributed by atoms with Gasteiger partial charge in [-0.2, -0.15) is 0 Å².